The lowest BCUT2D eigenvalue weighted by molar-refractivity contribution is 0.414. The molecule has 0 fully saturated rings. The zero-order valence-electron chi connectivity index (χ0n) is 18.8. The van der Waals surface area contributed by atoms with Crippen molar-refractivity contribution >= 4 is 17.0 Å². The summed E-state index contributed by atoms with van der Waals surface area (Å²) in [4.78, 5) is 2.45. The van der Waals surface area contributed by atoms with Crippen molar-refractivity contribution in [3.8, 4) is 5.75 Å². The van der Waals surface area contributed by atoms with Gasteiger partial charge in [-0.25, -0.2) is 0 Å². The smallest absolute Gasteiger partial charge is 0.119 e. The number of hydrogen-bond acceptors (Lipinski definition) is 2. The average molecular weight is 418 g/mol. The summed E-state index contributed by atoms with van der Waals surface area (Å²) in [5.41, 5.74) is 11.2. The zero-order chi connectivity index (χ0) is 22.1. The first-order valence-corrected chi connectivity index (χ1v) is 11.0. The molecule has 2 heteroatoms. The van der Waals surface area contributed by atoms with Gasteiger partial charge >= 0.3 is 0 Å². The molecule has 1 aliphatic rings. The second-order valence-corrected chi connectivity index (χ2v) is 8.41. The summed E-state index contributed by atoms with van der Waals surface area (Å²) < 4.78 is 5.59. The Bertz CT molecular complexity index is 1300. The predicted molar refractivity (Wildman–Crippen MR) is 134 cm³/mol. The minimum atomic E-state index is 0.830. The van der Waals surface area contributed by atoms with E-state index in [1.54, 1.807) is 7.11 Å². The maximum atomic E-state index is 5.59. The molecule has 4 aromatic rings. The summed E-state index contributed by atoms with van der Waals surface area (Å²) in [5.74, 6) is 0.865. The van der Waals surface area contributed by atoms with E-state index in [0.29, 0.717) is 0 Å². The number of nitrogens with zero attached hydrogens (tertiary/aromatic N) is 1. The second kappa shape index (κ2) is 8.39. The number of aryl methyl sites for hydroxylation is 2. The first kappa shape index (κ1) is 20.1. The van der Waals surface area contributed by atoms with E-state index in [4.69, 9.17) is 4.74 Å². The molecule has 0 N–H and O–H groups in total. The molecule has 0 aliphatic carbocycles. The average Bonchev–Trinajstić information content (AvgIpc) is 2.83. The summed E-state index contributed by atoms with van der Waals surface area (Å²) in [6.07, 6.45) is 0. The minimum Gasteiger partial charge on any atom is -0.497 e. The van der Waals surface area contributed by atoms with Gasteiger partial charge in [-0.15, -0.1) is 0 Å². The summed E-state index contributed by atoms with van der Waals surface area (Å²) in [6, 6.07) is 34.7. The van der Waals surface area contributed by atoms with Crippen molar-refractivity contribution in [2.75, 3.05) is 12.0 Å². The lowest BCUT2D eigenvalue weighted by Crippen LogP contribution is -2.27. The van der Waals surface area contributed by atoms with Crippen molar-refractivity contribution < 1.29 is 4.74 Å². The minimum absolute atomic E-state index is 0.830. The van der Waals surface area contributed by atoms with Crippen LogP contribution in [0.4, 0.5) is 5.69 Å². The fourth-order valence-corrected chi connectivity index (χ4v) is 4.56. The molecular formula is C30H27NO. The maximum Gasteiger partial charge on any atom is 0.119 e. The third-order valence-corrected chi connectivity index (χ3v) is 6.09. The van der Waals surface area contributed by atoms with Gasteiger partial charge in [-0.3, -0.25) is 0 Å². The SMILES string of the molecule is COc1cccc(C2=C(c3cccc(C)c3)N(c3ccccc3)Cc3ccc(C)cc32)c1. The molecule has 0 amide bonds. The van der Waals surface area contributed by atoms with Gasteiger partial charge < -0.3 is 9.64 Å². The van der Waals surface area contributed by atoms with Gasteiger partial charge in [0.05, 0.1) is 12.8 Å². The molecule has 0 radical (unpaired) electrons. The summed E-state index contributed by atoms with van der Waals surface area (Å²) in [6.45, 7) is 5.15. The van der Waals surface area contributed by atoms with Gasteiger partial charge in [-0.05, 0) is 66.4 Å². The van der Waals surface area contributed by atoms with Crippen molar-refractivity contribution in [1.29, 1.82) is 0 Å². The highest BCUT2D eigenvalue weighted by Crippen LogP contribution is 2.44. The molecule has 2 nitrogen and oxygen atoms in total. The maximum absolute atomic E-state index is 5.59. The Labute approximate surface area is 190 Å². The molecule has 5 rings (SSSR count). The van der Waals surface area contributed by atoms with E-state index in [-0.39, 0.29) is 0 Å². The highest BCUT2D eigenvalue weighted by molar-refractivity contribution is 6.05. The number of fused-ring (bicyclic) bond motifs is 1. The molecule has 0 atom stereocenters. The van der Waals surface area contributed by atoms with E-state index >= 15 is 0 Å². The molecule has 0 saturated heterocycles. The first-order chi connectivity index (χ1) is 15.6. The monoisotopic (exact) mass is 417 g/mol. The van der Waals surface area contributed by atoms with Crippen LogP contribution in [-0.4, -0.2) is 7.11 Å². The van der Waals surface area contributed by atoms with E-state index in [9.17, 15) is 0 Å². The van der Waals surface area contributed by atoms with Gasteiger partial charge in [0.15, 0.2) is 0 Å². The molecular weight excluding hydrogens is 390 g/mol. The van der Waals surface area contributed by atoms with Gasteiger partial charge in [0.1, 0.15) is 5.75 Å². The van der Waals surface area contributed by atoms with Crippen molar-refractivity contribution in [2.24, 2.45) is 0 Å². The van der Waals surface area contributed by atoms with Crippen LogP contribution in [0.1, 0.15) is 33.4 Å². The van der Waals surface area contributed by atoms with Gasteiger partial charge in [-0.1, -0.05) is 77.9 Å². The van der Waals surface area contributed by atoms with Crippen molar-refractivity contribution in [1.82, 2.24) is 0 Å². The van der Waals surface area contributed by atoms with E-state index in [1.807, 2.05) is 6.07 Å². The summed E-state index contributed by atoms with van der Waals surface area (Å²) in [5, 5.41) is 0. The Morgan fingerprint density at radius 1 is 0.688 bits per heavy atom. The zero-order valence-corrected chi connectivity index (χ0v) is 18.8. The first-order valence-electron chi connectivity index (χ1n) is 11.0. The number of methoxy groups -OCH3 is 1. The molecule has 0 unspecified atom stereocenters. The Morgan fingerprint density at radius 3 is 2.22 bits per heavy atom. The van der Waals surface area contributed by atoms with Crippen LogP contribution in [-0.2, 0) is 6.54 Å². The fraction of sp³-hybridized carbons (Fsp3) is 0.133. The molecule has 158 valence electrons. The number of hydrogen-bond donors (Lipinski definition) is 0. The van der Waals surface area contributed by atoms with Gasteiger partial charge in [0.2, 0.25) is 0 Å². The van der Waals surface area contributed by atoms with Crippen LogP contribution in [0.25, 0.3) is 11.3 Å². The molecule has 0 bridgehead atoms. The molecule has 32 heavy (non-hydrogen) atoms. The molecule has 4 aromatic carbocycles. The molecule has 0 spiro atoms. The van der Waals surface area contributed by atoms with E-state index in [2.05, 4.69) is 110 Å². The second-order valence-electron chi connectivity index (χ2n) is 8.41. The van der Waals surface area contributed by atoms with E-state index < -0.39 is 0 Å². The standard InChI is InChI=1S/C30H27NO/c1-21-9-7-11-24(17-21)30-29(23-10-8-14-27(19-23)32-3)28-18-22(2)15-16-25(28)20-31(30)26-12-5-4-6-13-26/h4-19H,20H2,1-3H3. The van der Waals surface area contributed by atoms with Crippen LogP contribution >= 0.6 is 0 Å². The van der Waals surface area contributed by atoms with Crippen LogP contribution in [0.5, 0.6) is 5.75 Å². The molecule has 1 aliphatic heterocycles. The van der Waals surface area contributed by atoms with Crippen LogP contribution in [0.3, 0.4) is 0 Å². The van der Waals surface area contributed by atoms with Crippen LogP contribution in [0.2, 0.25) is 0 Å². The van der Waals surface area contributed by atoms with Crippen molar-refractivity contribution in [3.05, 3.63) is 130 Å². The van der Waals surface area contributed by atoms with Crippen LogP contribution < -0.4 is 9.64 Å². The highest BCUT2D eigenvalue weighted by Gasteiger charge is 2.28. The number of rotatable bonds is 4. The van der Waals surface area contributed by atoms with E-state index in [0.717, 1.165) is 17.9 Å². The summed E-state index contributed by atoms with van der Waals surface area (Å²) in [7, 11) is 1.73. The normalized spacial score (nSPS) is 13.2. The predicted octanol–water partition coefficient (Wildman–Crippen LogP) is 7.25. The quantitative estimate of drug-likeness (QED) is 0.347. The Balaban J connectivity index is 1.88. The van der Waals surface area contributed by atoms with Crippen molar-refractivity contribution in [3.63, 3.8) is 0 Å². The van der Waals surface area contributed by atoms with Gasteiger partial charge in [0.25, 0.3) is 0 Å². The molecule has 0 aromatic heterocycles. The fourth-order valence-electron chi connectivity index (χ4n) is 4.56. The van der Waals surface area contributed by atoms with Crippen LogP contribution in [0.15, 0.2) is 97.1 Å². The number of ether oxygens (including phenoxy) is 1. The lowest BCUT2D eigenvalue weighted by atomic mass is 9.85. The number of benzene rings is 4. The Hall–Kier alpha value is -3.78. The Morgan fingerprint density at radius 2 is 1.44 bits per heavy atom. The third kappa shape index (κ3) is 3.69. The van der Waals surface area contributed by atoms with E-state index in [1.165, 1.54) is 44.8 Å². The van der Waals surface area contributed by atoms with Crippen molar-refractivity contribution in [2.45, 2.75) is 20.4 Å². The van der Waals surface area contributed by atoms with Crippen LogP contribution in [0, 0.1) is 13.8 Å². The largest absolute Gasteiger partial charge is 0.497 e. The number of para-hydroxylation sites is 1. The van der Waals surface area contributed by atoms with Gasteiger partial charge in [-0.2, -0.15) is 0 Å². The number of anilines is 1. The topological polar surface area (TPSA) is 12.5 Å². The molecule has 0 saturated carbocycles. The van der Waals surface area contributed by atoms with Gasteiger partial charge in [0, 0.05) is 17.8 Å². The molecule has 1 heterocycles. The lowest BCUT2D eigenvalue weighted by Gasteiger charge is -2.36. The third-order valence-electron chi connectivity index (χ3n) is 6.09. The highest BCUT2D eigenvalue weighted by atomic mass is 16.5. The Kier molecular flexibility index (Phi) is 5.28. The summed E-state index contributed by atoms with van der Waals surface area (Å²) >= 11 is 0.